The molecule has 2 rings (SSSR count). The van der Waals surface area contributed by atoms with E-state index in [4.69, 9.17) is 5.73 Å². The van der Waals surface area contributed by atoms with Crippen molar-refractivity contribution < 1.29 is 8.42 Å². The van der Waals surface area contributed by atoms with Crippen LogP contribution in [0.2, 0.25) is 0 Å². The Morgan fingerprint density at radius 2 is 1.61 bits per heavy atom. The second-order valence-electron chi connectivity index (χ2n) is 6.59. The standard InChI is InChI=1S/C18H24N2O2S/c1-18(2,3)20-23(21,22)17-7-5-4-6-16(17)15-10-8-14(9-11-15)12-13-19/h4-11,20H,12-13,19H2,1-3H3. The molecule has 3 N–H and O–H groups in total. The zero-order valence-corrected chi connectivity index (χ0v) is 14.7. The van der Waals surface area contributed by atoms with E-state index in [0.717, 1.165) is 17.5 Å². The van der Waals surface area contributed by atoms with Crippen molar-refractivity contribution in [1.29, 1.82) is 0 Å². The minimum atomic E-state index is -3.59. The highest BCUT2D eigenvalue weighted by Gasteiger charge is 2.24. The van der Waals surface area contributed by atoms with Crippen molar-refractivity contribution >= 4 is 10.0 Å². The molecule has 2 aromatic carbocycles. The predicted octanol–water partition coefficient (Wildman–Crippen LogP) is 2.93. The number of benzene rings is 2. The highest BCUT2D eigenvalue weighted by Crippen LogP contribution is 2.28. The molecule has 0 unspecified atom stereocenters. The van der Waals surface area contributed by atoms with Crippen molar-refractivity contribution in [2.75, 3.05) is 6.54 Å². The summed E-state index contributed by atoms with van der Waals surface area (Å²) in [5.41, 5.74) is 7.75. The van der Waals surface area contributed by atoms with Crippen molar-refractivity contribution in [1.82, 2.24) is 4.72 Å². The monoisotopic (exact) mass is 332 g/mol. The molecule has 0 aliphatic carbocycles. The summed E-state index contributed by atoms with van der Waals surface area (Å²) in [5, 5.41) is 0. The van der Waals surface area contributed by atoms with Gasteiger partial charge in [0, 0.05) is 11.1 Å². The van der Waals surface area contributed by atoms with Gasteiger partial charge in [0.1, 0.15) is 0 Å². The van der Waals surface area contributed by atoms with Crippen molar-refractivity contribution in [3.05, 3.63) is 54.1 Å². The van der Waals surface area contributed by atoms with E-state index in [9.17, 15) is 8.42 Å². The van der Waals surface area contributed by atoms with E-state index in [0.29, 0.717) is 17.0 Å². The van der Waals surface area contributed by atoms with E-state index >= 15 is 0 Å². The molecule has 0 spiro atoms. The quantitative estimate of drug-likeness (QED) is 0.884. The Kier molecular flexibility index (Phi) is 5.24. The highest BCUT2D eigenvalue weighted by atomic mass is 32.2. The fourth-order valence-corrected chi connectivity index (χ4v) is 4.06. The summed E-state index contributed by atoms with van der Waals surface area (Å²) in [6, 6.07) is 14.9. The number of hydrogen-bond acceptors (Lipinski definition) is 3. The molecule has 5 heteroatoms. The molecular weight excluding hydrogens is 308 g/mol. The Bertz CT molecular complexity index is 760. The van der Waals surface area contributed by atoms with E-state index in [1.807, 2.05) is 57.2 Å². The van der Waals surface area contributed by atoms with Crippen molar-refractivity contribution in [3.8, 4) is 11.1 Å². The van der Waals surface area contributed by atoms with Crippen LogP contribution in [0.25, 0.3) is 11.1 Å². The van der Waals surface area contributed by atoms with Crippen LogP contribution >= 0.6 is 0 Å². The molecule has 0 atom stereocenters. The van der Waals surface area contributed by atoms with E-state index in [1.165, 1.54) is 0 Å². The number of nitrogens with one attached hydrogen (secondary N) is 1. The van der Waals surface area contributed by atoms with Gasteiger partial charge in [0.2, 0.25) is 10.0 Å². The summed E-state index contributed by atoms with van der Waals surface area (Å²) in [7, 11) is -3.59. The zero-order chi connectivity index (χ0) is 17.1. The molecular formula is C18H24N2O2S. The van der Waals surface area contributed by atoms with Gasteiger partial charge in [-0.05, 0) is 50.9 Å². The van der Waals surface area contributed by atoms with Gasteiger partial charge in [-0.15, -0.1) is 0 Å². The van der Waals surface area contributed by atoms with Gasteiger partial charge in [0.25, 0.3) is 0 Å². The van der Waals surface area contributed by atoms with Gasteiger partial charge in [-0.2, -0.15) is 0 Å². The fraction of sp³-hybridized carbons (Fsp3) is 0.333. The van der Waals surface area contributed by atoms with Crippen molar-refractivity contribution in [2.24, 2.45) is 5.73 Å². The highest BCUT2D eigenvalue weighted by molar-refractivity contribution is 7.89. The average Bonchev–Trinajstić information content (AvgIpc) is 2.46. The first-order valence-electron chi connectivity index (χ1n) is 7.65. The minimum absolute atomic E-state index is 0.293. The van der Waals surface area contributed by atoms with Crippen LogP contribution in [0.4, 0.5) is 0 Å². The van der Waals surface area contributed by atoms with E-state index in [2.05, 4.69) is 4.72 Å². The Morgan fingerprint density at radius 3 is 2.17 bits per heavy atom. The molecule has 0 fully saturated rings. The summed E-state index contributed by atoms with van der Waals surface area (Å²) < 4.78 is 28.1. The lowest BCUT2D eigenvalue weighted by molar-refractivity contribution is 0.491. The molecule has 0 saturated carbocycles. The second kappa shape index (κ2) is 6.83. The normalized spacial score (nSPS) is 12.3. The van der Waals surface area contributed by atoms with Gasteiger partial charge in [0.05, 0.1) is 4.90 Å². The van der Waals surface area contributed by atoms with Gasteiger partial charge in [-0.1, -0.05) is 42.5 Å². The third-order valence-corrected chi connectivity index (χ3v) is 5.13. The smallest absolute Gasteiger partial charge is 0.241 e. The summed E-state index contributed by atoms with van der Waals surface area (Å²) in [5.74, 6) is 0. The van der Waals surface area contributed by atoms with E-state index in [1.54, 1.807) is 12.1 Å². The van der Waals surface area contributed by atoms with Gasteiger partial charge < -0.3 is 5.73 Å². The molecule has 124 valence electrons. The third-order valence-electron chi connectivity index (χ3n) is 3.32. The van der Waals surface area contributed by atoms with Gasteiger partial charge in [-0.3, -0.25) is 0 Å². The minimum Gasteiger partial charge on any atom is -0.330 e. The largest absolute Gasteiger partial charge is 0.330 e. The van der Waals surface area contributed by atoms with Gasteiger partial charge >= 0.3 is 0 Å². The Balaban J connectivity index is 2.45. The molecule has 4 nitrogen and oxygen atoms in total. The number of nitrogens with two attached hydrogens (primary N) is 1. The van der Waals surface area contributed by atoms with Crippen LogP contribution in [0.15, 0.2) is 53.4 Å². The molecule has 0 aliphatic rings. The molecule has 0 bridgehead atoms. The summed E-state index contributed by atoms with van der Waals surface area (Å²) in [6.07, 6.45) is 0.811. The average molecular weight is 332 g/mol. The first-order chi connectivity index (χ1) is 10.7. The number of sulfonamides is 1. The molecule has 0 aromatic heterocycles. The van der Waals surface area contributed by atoms with Crippen LogP contribution in [0.3, 0.4) is 0 Å². The van der Waals surface area contributed by atoms with Gasteiger partial charge in [0.15, 0.2) is 0 Å². The summed E-state index contributed by atoms with van der Waals surface area (Å²) in [6.45, 7) is 6.08. The summed E-state index contributed by atoms with van der Waals surface area (Å²) >= 11 is 0. The van der Waals surface area contributed by atoms with Crippen molar-refractivity contribution in [2.45, 2.75) is 37.6 Å². The first kappa shape index (κ1) is 17.7. The number of rotatable bonds is 5. The van der Waals surface area contributed by atoms with Crippen LogP contribution in [-0.4, -0.2) is 20.5 Å². The molecule has 2 aromatic rings. The molecule has 0 saturated heterocycles. The van der Waals surface area contributed by atoms with Crippen LogP contribution in [0, 0.1) is 0 Å². The number of hydrogen-bond donors (Lipinski definition) is 2. The molecule has 23 heavy (non-hydrogen) atoms. The van der Waals surface area contributed by atoms with Crippen LogP contribution in [0.5, 0.6) is 0 Å². The molecule has 0 heterocycles. The van der Waals surface area contributed by atoms with Gasteiger partial charge in [-0.25, -0.2) is 13.1 Å². The van der Waals surface area contributed by atoms with Crippen LogP contribution in [0.1, 0.15) is 26.3 Å². The maximum absolute atomic E-state index is 12.7. The molecule has 0 amide bonds. The summed E-state index contributed by atoms with van der Waals surface area (Å²) in [4.78, 5) is 0.293. The van der Waals surface area contributed by atoms with Crippen molar-refractivity contribution in [3.63, 3.8) is 0 Å². The molecule has 0 aliphatic heterocycles. The lowest BCUT2D eigenvalue weighted by Gasteiger charge is -2.21. The fourth-order valence-electron chi connectivity index (χ4n) is 2.42. The Morgan fingerprint density at radius 1 is 1.00 bits per heavy atom. The van der Waals surface area contributed by atoms with E-state index in [-0.39, 0.29) is 0 Å². The lowest BCUT2D eigenvalue weighted by atomic mass is 10.0. The molecule has 0 radical (unpaired) electrons. The maximum atomic E-state index is 12.7. The van der Waals surface area contributed by atoms with E-state index < -0.39 is 15.6 Å². The Hall–Kier alpha value is -1.69. The third kappa shape index (κ3) is 4.64. The Labute approximate surface area is 138 Å². The topological polar surface area (TPSA) is 72.2 Å². The lowest BCUT2D eigenvalue weighted by Crippen LogP contribution is -2.40. The maximum Gasteiger partial charge on any atom is 0.241 e. The SMILES string of the molecule is CC(C)(C)NS(=O)(=O)c1ccccc1-c1ccc(CCN)cc1. The first-order valence-corrected chi connectivity index (χ1v) is 9.14. The second-order valence-corrected chi connectivity index (χ2v) is 8.24. The van der Waals surface area contributed by atoms with Crippen LogP contribution in [-0.2, 0) is 16.4 Å². The zero-order valence-electron chi connectivity index (χ0n) is 13.8. The van der Waals surface area contributed by atoms with Crippen LogP contribution < -0.4 is 10.5 Å². The predicted molar refractivity (Wildman–Crippen MR) is 94.7 cm³/mol.